The Morgan fingerprint density at radius 1 is 1.20 bits per heavy atom. The molecule has 1 unspecified atom stereocenters. The van der Waals surface area contributed by atoms with Gasteiger partial charge in [0.1, 0.15) is 10.7 Å². The predicted molar refractivity (Wildman–Crippen MR) is 98.3 cm³/mol. The van der Waals surface area contributed by atoms with E-state index in [-0.39, 0.29) is 0 Å². The van der Waals surface area contributed by atoms with Gasteiger partial charge in [-0.1, -0.05) is 6.42 Å². The highest BCUT2D eigenvalue weighted by Crippen LogP contribution is 2.30. The lowest BCUT2D eigenvalue weighted by molar-refractivity contribution is 0.104. The summed E-state index contributed by atoms with van der Waals surface area (Å²) in [4.78, 5) is 6.94. The molecule has 3 heterocycles. The molecule has 2 fully saturated rings. The molecule has 6 nitrogen and oxygen atoms in total. The maximum absolute atomic E-state index is 13.1. The van der Waals surface area contributed by atoms with E-state index in [2.05, 4.69) is 9.88 Å². The van der Waals surface area contributed by atoms with Crippen LogP contribution < -0.4 is 4.90 Å². The zero-order valence-corrected chi connectivity index (χ0v) is 15.9. The number of rotatable bonds is 6. The topological polar surface area (TPSA) is 62.7 Å². The molecule has 140 valence electrons. The zero-order chi connectivity index (χ0) is 17.7. The summed E-state index contributed by atoms with van der Waals surface area (Å²) in [5.41, 5.74) is 0. The first-order chi connectivity index (χ1) is 12.1. The van der Waals surface area contributed by atoms with Crippen molar-refractivity contribution >= 4 is 15.8 Å². The quantitative estimate of drug-likeness (QED) is 0.773. The van der Waals surface area contributed by atoms with Gasteiger partial charge in [0.05, 0.1) is 6.61 Å². The lowest BCUT2D eigenvalue weighted by Crippen LogP contribution is -2.40. The third-order valence-corrected chi connectivity index (χ3v) is 6.98. The van der Waals surface area contributed by atoms with E-state index >= 15 is 0 Å². The number of hydrogen-bond acceptors (Lipinski definition) is 5. The SMILES string of the molecule is CCOCC1CCCN(c2ncccc2S(=O)(=O)N2CCCCC2)C1. The van der Waals surface area contributed by atoms with Gasteiger partial charge in [0, 0.05) is 39.0 Å². The van der Waals surface area contributed by atoms with Crippen LogP contribution in [-0.2, 0) is 14.8 Å². The number of nitrogens with zero attached hydrogens (tertiary/aromatic N) is 3. The molecule has 7 heteroatoms. The average Bonchev–Trinajstić information content (AvgIpc) is 2.67. The Bertz CT molecular complexity index is 659. The molecule has 25 heavy (non-hydrogen) atoms. The first-order valence-corrected chi connectivity index (χ1v) is 10.8. The van der Waals surface area contributed by atoms with Gasteiger partial charge in [0.15, 0.2) is 0 Å². The number of ether oxygens (including phenoxy) is 1. The van der Waals surface area contributed by atoms with Crippen LogP contribution in [0.1, 0.15) is 39.0 Å². The van der Waals surface area contributed by atoms with Gasteiger partial charge in [0.25, 0.3) is 0 Å². The molecule has 0 bridgehead atoms. The van der Waals surface area contributed by atoms with E-state index < -0.39 is 10.0 Å². The third kappa shape index (κ3) is 4.33. The number of piperidine rings is 2. The summed E-state index contributed by atoms with van der Waals surface area (Å²) in [6, 6.07) is 3.43. The molecular weight excluding hydrogens is 338 g/mol. The van der Waals surface area contributed by atoms with Crippen molar-refractivity contribution in [1.82, 2.24) is 9.29 Å². The highest BCUT2D eigenvalue weighted by Gasteiger charge is 2.31. The molecular formula is C18H29N3O3S. The first-order valence-electron chi connectivity index (χ1n) is 9.40. The largest absolute Gasteiger partial charge is 0.381 e. The van der Waals surface area contributed by atoms with Gasteiger partial charge in [-0.25, -0.2) is 13.4 Å². The Morgan fingerprint density at radius 3 is 2.76 bits per heavy atom. The van der Waals surface area contributed by atoms with Crippen molar-refractivity contribution < 1.29 is 13.2 Å². The van der Waals surface area contributed by atoms with Gasteiger partial charge in [-0.2, -0.15) is 4.31 Å². The monoisotopic (exact) mass is 367 g/mol. The standard InChI is InChI=1S/C18H29N3O3S/c1-2-24-15-16-8-7-11-20(14-16)18-17(9-6-10-19-18)25(22,23)21-12-4-3-5-13-21/h6,9-10,16H,2-5,7-8,11-15H2,1H3. The molecule has 0 amide bonds. The van der Waals surface area contributed by atoms with Crippen molar-refractivity contribution in [2.24, 2.45) is 5.92 Å². The van der Waals surface area contributed by atoms with Crippen LogP contribution in [0.25, 0.3) is 0 Å². The van der Waals surface area contributed by atoms with E-state index in [9.17, 15) is 8.42 Å². The Labute approximate surface area is 151 Å². The van der Waals surface area contributed by atoms with E-state index in [0.29, 0.717) is 36.3 Å². The normalized spacial score (nSPS) is 22.9. The van der Waals surface area contributed by atoms with Crippen LogP contribution >= 0.6 is 0 Å². The van der Waals surface area contributed by atoms with E-state index in [0.717, 1.165) is 51.8 Å². The van der Waals surface area contributed by atoms with E-state index in [1.54, 1.807) is 22.6 Å². The number of sulfonamides is 1. The summed E-state index contributed by atoms with van der Waals surface area (Å²) >= 11 is 0. The van der Waals surface area contributed by atoms with Crippen molar-refractivity contribution in [2.45, 2.75) is 43.9 Å². The second-order valence-corrected chi connectivity index (χ2v) is 8.81. The summed E-state index contributed by atoms with van der Waals surface area (Å²) < 4.78 is 33.5. The zero-order valence-electron chi connectivity index (χ0n) is 15.1. The average molecular weight is 368 g/mol. The smallest absolute Gasteiger partial charge is 0.246 e. The Morgan fingerprint density at radius 2 is 2.00 bits per heavy atom. The fourth-order valence-corrected chi connectivity index (χ4v) is 5.42. The molecule has 0 spiro atoms. The van der Waals surface area contributed by atoms with Crippen LogP contribution in [0, 0.1) is 5.92 Å². The van der Waals surface area contributed by atoms with Crippen LogP contribution in [0.15, 0.2) is 23.2 Å². The number of aromatic nitrogens is 1. The fraction of sp³-hybridized carbons (Fsp3) is 0.722. The van der Waals surface area contributed by atoms with Gasteiger partial charge in [0.2, 0.25) is 10.0 Å². The maximum Gasteiger partial charge on any atom is 0.246 e. The van der Waals surface area contributed by atoms with Crippen molar-refractivity contribution in [2.75, 3.05) is 44.3 Å². The Hall–Kier alpha value is -1.18. The van der Waals surface area contributed by atoms with Crippen LogP contribution in [0.5, 0.6) is 0 Å². The van der Waals surface area contributed by atoms with E-state index in [1.807, 2.05) is 6.92 Å². The molecule has 0 aliphatic carbocycles. The van der Waals surface area contributed by atoms with Gasteiger partial charge < -0.3 is 9.64 Å². The second-order valence-electron chi connectivity index (χ2n) is 6.90. The van der Waals surface area contributed by atoms with E-state index in [4.69, 9.17) is 4.74 Å². The molecule has 2 aliphatic heterocycles. The molecule has 0 radical (unpaired) electrons. The summed E-state index contributed by atoms with van der Waals surface area (Å²) in [7, 11) is -3.48. The van der Waals surface area contributed by atoms with Crippen molar-refractivity contribution in [3.63, 3.8) is 0 Å². The molecule has 0 saturated carbocycles. The van der Waals surface area contributed by atoms with Crippen LogP contribution in [-0.4, -0.2) is 57.1 Å². The molecule has 0 aromatic carbocycles. The lowest BCUT2D eigenvalue weighted by Gasteiger charge is -2.35. The predicted octanol–water partition coefficient (Wildman–Crippen LogP) is 2.51. The molecule has 1 aromatic heterocycles. The van der Waals surface area contributed by atoms with Gasteiger partial charge in [-0.05, 0) is 50.7 Å². The fourth-order valence-electron chi connectivity index (χ4n) is 3.74. The van der Waals surface area contributed by atoms with Crippen molar-refractivity contribution in [3.05, 3.63) is 18.3 Å². The molecule has 3 rings (SSSR count). The Balaban J connectivity index is 1.83. The first kappa shape index (κ1) is 18.6. The maximum atomic E-state index is 13.1. The summed E-state index contributed by atoms with van der Waals surface area (Å²) in [6.45, 7) is 6.33. The molecule has 2 saturated heterocycles. The molecule has 1 atom stereocenters. The molecule has 1 aromatic rings. The van der Waals surface area contributed by atoms with Gasteiger partial charge in [-0.15, -0.1) is 0 Å². The van der Waals surface area contributed by atoms with Gasteiger partial charge >= 0.3 is 0 Å². The number of pyridine rings is 1. The summed E-state index contributed by atoms with van der Waals surface area (Å²) in [5.74, 6) is 1.04. The van der Waals surface area contributed by atoms with Crippen LogP contribution in [0.3, 0.4) is 0 Å². The van der Waals surface area contributed by atoms with Gasteiger partial charge in [-0.3, -0.25) is 0 Å². The van der Waals surface area contributed by atoms with Crippen LogP contribution in [0.4, 0.5) is 5.82 Å². The lowest BCUT2D eigenvalue weighted by atomic mass is 9.99. The minimum Gasteiger partial charge on any atom is -0.381 e. The van der Waals surface area contributed by atoms with Crippen LogP contribution in [0.2, 0.25) is 0 Å². The van der Waals surface area contributed by atoms with E-state index in [1.165, 1.54) is 0 Å². The third-order valence-electron chi connectivity index (χ3n) is 5.06. The minimum atomic E-state index is -3.48. The minimum absolute atomic E-state index is 0.356. The number of hydrogen-bond donors (Lipinski definition) is 0. The molecule has 0 N–H and O–H groups in total. The highest BCUT2D eigenvalue weighted by molar-refractivity contribution is 7.89. The highest BCUT2D eigenvalue weighted by atomic mass is 32.2. The Kier molecular flexibility index (Phi) is 6.30. The second kappa shape index (κ2) is 8.47. The van der Waals surface area contributed by atoms with Crippen molar-refractivity contribution in [3.8, 4) is 0 Å². The number of anilines is 1. The summed E-state index contributed by atoms with van der Waals surface area (Å²) in [6.07, 6.45) is 6.84. The van der Waals surface area contributed by atoms with Crippen molar-refractivity contribution in [1.29, 1.82) is 0 Å². The summed E-state index contributed by atoms with van der Waals surface area (Å²) in [5, 5.41) is 0. The molecule has 2 aliphatic rings.